The van der Waals surface area contributed by atoms with Crippen molar-refractivity contribution in [3.05, 3.63) is 110 Å². The summed E-state index contributed by atoms with van der Waals surface area (Å²) in [6.07, 6.45) is 11.4. The Labute approximate surface area is 440 Å². The van der Waals surface area contributed by atoms with Crippen molar-refractivity contribution in [2.24, 2.45) is 73.0 Å². The Hall–Kier alpha value is -6.78. The molecular formula is C48H69N18O6S3+3. The van der Waals surface area contributed by atoms with Gasteiger partial charge in [-0.25, -0.2) is 52.7 Å². The molecule has 0 spiro atoms. The van der Waals surface area contributed by atoms with E-state index in [9.17, 15) is 25.3 Å². The summed E-state index contributed by atoms with van der Waals surface area (Å²) in [7, 11) is -1.49. The molecule has 0 aliphatic carbocycles. The minimum Gasteiger partial charge on any atom is -0.383 e. The van der Waals surface area contributed by atoms with E-state index in [2.05, 4.69) is 36.0 Å². The van der Waals surface area contributed by atoms with Crippen molar-refractivity contribution in [3.63, 3.8) is 0 Å². The topological polar surface area (TPSA) is 231 Å². The number of hydrogen-bond acceptors (Lipinski definition) is 15. The van der Waals surface area contributed by atoms with E-state index in [0.717, 1.165) is 30.0 Å². The quantitative estimate of drug-likeness (QED) is 0.0600. The van der Waals surface area contributed by atoms with Gasteiger partial charge < -0.3 is 15.1 Å². The van der Waals surface area contributed by atoms with Gasteiger partial charge in [0.1, 0.15) is 17.1 Å². The molecule has 1 unspecified atom stereocenters. The van der Waals surface area contributed by atoms with E-state index in [1.807, 2.05) is 174 Å². The molecular weight excluding hydrogens is 1020 g/mol. The van der Waals surface area contributed by atoms with Crippen LogP contribution in [0.2, 0.25) is 0 Å². The molecule has 75 heavy (non-hydrogen) atoms. The van der Waals surface area contributed by atoms with Crippen LogP contribution in [-0.2, 0) is 72.4 Å². The van der Waals surface area contributed by atoms with Crippen LogP contribution in [0.1, 0.15) is 27.2 Å². The molecule has 1 aliphatic rings. The molecule has 1 N–H and O–H groups in total. The van der Waals surface area contributed by atoms with Gasteiger partial charge in [-0.3, -0.25) is 0 Å². The van der Waals surface area contributed by atoms with Gasteiger partial charge in [-0.15, -0.1) is 0 Å². The van der Waals surface area contributed by atoms with Crippen molar-refractivity contribution < 1.29 is 39.0 Å². The second-order valence-electron chi connectivity index (χ2n) is 18.4. The first-order valence-electron chi connectivity index (χ1n) is 24.4. The van der Waals surface area contributed by atoms with Gasteiger partial charge in [0.05, 0.1) is 117 Å². The fraction of sp³-hybridized carbons (Fsp3) is 0.438. The van der Waals surface area contributed by atoms with E-state index in [1.165, 1.54) is 0 Å². The Morgan fingerprint density at radius 1 is 0.507 bits per heavy atom. The van der Waals surface area contributed by atoms with Crippen LogP contribution in [0.15, 0.2) is 141 Å². The first-order chi connectivity index (χ1) is 35.7. The zero-order valence-corrected chi connectivity index (χ0v) is 46.5. The second kappa shape index (κ2) is 24.3. The lowest BCUT2D eigenvalue weighted by atomic mass is 10.2. The molecule has 6 aromatic rings. The molecule has 27 heteroatoms. The molecule has 3 aromatic carbocycles. The number of nitrogens with zero attached hydrogens (tertiary/aromatic N) is 17. The minimum atomic E-state index is -4.25. The lowest BCUT2D eigenvalue weighted by Crippen LogP contribution is -2.60. The van der Waals surface area contributed by atoms with Gasteiger partial charge in [0.25, 0.3) is 0 Å². The van der Waals surface area contributed by atoms with Gasteiger partial charge in [-0.05, 0) is 100.0 Å². The SMILES string of the molecule is CCN(CCS(=O)(=O)N1CN(S(=O)(=O)CCC(C)Nc2ccc(N=Nc3n(C)cc[n+]3C)cc2)CN(S(=O)(=O)CCN(CC)c2ccc(N=Nc3n(C)cc[n+]3C)cc2)C1)c1ccc(N=Nc2n(C)cc[n+]2C)cc1. The van der Waals surface area contributed by atoms with Crippen molar-refractivity contribution in [3.8, 4) is 0 Å². The number of rotatable bonds is 24. The number of nitrogens with one attached hydrogen (secondary N) is 1. The van der Waals surface area contributed by atoms with Crippen LogP contribution in [0.25, 0.3) is 0 Å². The second-order valence-corrected chi connectivity index (χ2v) is 24.6. The summed E-state index contributed by atoms with van der Waals surface area (Å²) < 4.78 is 99.9. The van der Waals surface area contributed by atoms with Crippen LogP contribution in [0.5, 0.6) is 0 Å². The molecule has 0 radical (unpaired) electrons. The van der Waals surface area contributed by atoms with E-state index >= 15 is 0 Å². The van der Waals surface area contributed by atoms with Crippen LogP contribution in [0.3, 0.4) is 0 Å². The first-order valence-corrected chi connectivity index (χ1v) is 29.3. The van der Waals surface area contributed by atoms with Crippen molar-refractivity contribution in [2.45, 2.75) is 33.2 Å². The first kappa shape index (κ1) is 56.0. The maximum atomic E-state index is 14.4. The molecule has 402 valence electrons. The van der Waals surface area contributed by atoms with Crippen molar-refractivity contribution in [1.82, 2.24) is 26.6 Å². The standard InChI is InChI=1S/C48H68N18O6S3/c1-10-62(44-20-16-42(17-21-44)51-54-47-58(6)27-28-59(47)7)31-34-74(69,70)65-36-64(73(67,68)33-24-39(3)49-40-12-14-41(15-13-40)50-53-46-56(4)25-26-57(46)5)37-66(38-65)75(71,72)35-32-63(11-2)45-22-18-43(19-23-45)52-55-48-60(8)29-30-61(48)9/h12-23,25-30,39H,10-11,24,31-38H2,1-9H3/q+2/p+1. The molecule has 0 bridgehead atoms. The average Bonchev–Trinajstić information content (AvgIpc) is 4.02. The molecule has 0 saturated carbocycles. The summed E-state index contributed by atoms with van der Waals surface area (Å²) in [5, 5.41) is 29.4. The van der Waals surface area contributed by atoms with E-state index in [-0.39, 0.29) is 31.3 Å². The number of imidazole rings is 3. The Morgan fingerprint density at radius 2 is 0.827 bits per heavy atom. The maximum Gasteiger partial charge on any atom is 0.421 e. The fourth-order valence-electron chi connectivity index (χ4n) is 8.21. The van der Waals surface area contributed by atoms with Crippen LogP contribution in [-0.4, -0.2) is 121 Å². The van der Waals surface area contributed by atoms with Crippen molar-refractivity contribution in [1.29, 1.82) is 0 Å². The van der Waals surface area contributed by atoms with Gasteiger partial charge >= 0.3 is 17.8 Å². The van der Waals surface area contributed by atoms with Gasteiger partial charge in [-0.1, -0.05) is 15.3 Å². The summed E-state index contributed by atoms with van der Waals surface area (Å²) >= 11 is 0. The molecule has 1 saturated heterocycles. The number of anilines is 3. The summed E-state index contributed by atoms with van der Waals surface area (Å²) in [6, 6.07) is 21.4. The third kappa shape index (κ3) is 14.3. The maximum absolute atomic E-state index is 14.4. The highest BCUT2D eigenvalue weighted by molar-refractivity contribution is 7.90. The number of sulfonamides is 3. The third-order valence-electron chi connectivity index (χ3n) is 12.8. The molecule has 1 fully saturated rings. The Morgan fingerprint density at radius 3 is 1.13 bits per heavy atom. The van der Waals surface area contributed by atoms with Crippen LogP contribution >= 0.6 is 0 Å². The number of benzene rings is 3. The zero-order chi connectivity index (χ0) is 54.1. The Balaban J connectivity index is 1.04. The smallest absolute Gasteiger partial charge is 0.383 e. The molecule has 1 aliphatic heterocycles. The van der Waals surface area contributed by atoms with Crippen LogP contribution in [0.4, 0.5) is 52.0 Å². The molecule has 0 amide bonds. The monoisotopic (exact) mass is 1090 g/mol. The lowest BCUT2D eigenvalue weighted by molar-refractivity contribution is -0.657. The van der Waals surface area contributed by atoms with Gasteiger partial charge in [-0.2, -0.15) is 12.9 Å². The lowest BCUT2D eigenvalue weighted by Gasteiger charge is -2.40. The summed E-state index contributed by atoms with van der Waals surface area (Å²) in [5.41, 5.74) is 4.05. The van der Waals surface area contributed by atoms with E-state index in [4.69, 9.17) is 0 Å². The fourth-order valence-corrected chi connectivity index (χ4v) is 12.7. The highest BCUT2D eigenvalue weighted by Gasteiger charge is 2.41. The van der Waals surface area contributed by atoms with Gasteiger partial charge in [0.2, 0.25) is 30.1 Å². The Bertz CT molecular complexity index is 3110. The molecule has 7 rings (SSSR count). The number of azo groups is 3. The molecule has 24 nitrogen and oxygen atoms in total. The predicted octanol–water partition coefficient (Wildman–Crippen LogP) is 5.45. The van der Waals surface area contributed by atoms with E-state index in [0.29, 0.717) is 48.0 Å². The molecule has 1 atom stereocenters. The molecule has 3 aromatic heterocycles. The van der Waals surface area contributed by atoms with E-state index in [1.54, 1.807) is 36.4 Å². The van der Waals surface area contributed by atoms with Crippen molar-refractivity contribution >= 4 is 82.0 Å². The van der Waals surface area contributed by atoms with Gasteiger partial charge in [0, 0.05) is 64.6 Å². The van der Waals surface area contributed by atoms with Gasteiger partial charge in [0.15, 0.2) is 0 Å². The summed E-state index contributed by atoms with van der Waals surface area (Å²) in [5.74, 6) is 0.765. The van der Waals surface area contributed by atoms with E-state index < -0.39 is 61.6 Å². The summed E-state index contributed by atoms with van der Waals surface area (Å²) in [6.45, 7) is 4.99. The largest absolute Gasteiger partial charge is 0.421 e. The highest BCUT2D eigenvalue weighted by atomic mass is 32.2. The predicted molar refractivity (Wildman–Crippen MR) is 287 cm³/mol. The number of aryl methyl sites for hydroxylation is 6. The minimum absolute atomic E-state index is 0.0455. The Kier molecular flexibility index (Phi) is 18.1. The normalized spacial score (nSPS) is 14.9. The highest BCUT2D eigenvalue weighted by Crippen LogP contribution is 2.26. The molecule has 4 heterocycles. The zero-order valence-electron chi connectivity index (χ0n) is 44.0. The number of aromatic nitrogens is 6. The summed E-state index contributed by atoms with van der Waals surface area (Å²) in [4.78, 5) is 3.74. The van der Waals surface area contributed by atoms with Crippen molar-refractivity contribution in [2.75, 3.05) is 78.6 Å². The average molecular weight is 1090 g/mol. The number of hydrogen-bond donors (Lipinski definition) is 1. The van der Waals surface area contributed by atoms with Crippen LogP contribution < -0.4 is 28.8 Å². The van der Waals surface area contributed by atoms with Crippen LogP contribution in [0, 0.1) is 0 Å². The third-order valence-corrected chi connectivity index (χ3v) is 18.0.